The van der Waals surface area contributed by atoms with Gasteiger partial charge in [0.15, 0.2) is 0 Å². The van der Waals surface area contributed by atoms with Crippen molar-refractivity contribution < 1.29 is 4.74 Å². The second-order valence-corrected chi connectivity index (χ2v) is 6.30. The van der Waals surface area contributed by atoms with Crippen LogP contribution < -0.4 is 5.32 Å². The van der Waals surface area contributed by atoms with E-state index >= 15 is 0 Å². The molecule has 0 radical (unpaired) electrons. The Morgan fingerprint density at radius 3 is 2.29 bits per heavy atom. The summed E-state index contributed by atoms with van der Waals surface area (Å²) in [4.78, 5) is 2.44. The summed E-state index contributed by atoms with van der Waals surface area (Å²) in [7, 11) is 0. The number of ether oxygens (including phenoxy) is 1. The van der Waals surface area contributed by atoms with Crippen molar-refractivity contribution in [3.63, 3.8) is 0 Å². The first-order valence-corrected chi connectivity index (χ1v) is 6.56. The average Bonchev–Trinajstić information content (AvgIpc) is 2.11. The molecule has 1 saturated heterocycles. The van der Waals surface area contributed by atoms with Crippen LogP contribution in [0.25, 0.3) is 0 Å². The van der Waals surface area contributed by atoms with E-state index in [1.807, 2.05) is 0 Å². The summed E-state index contributed by atoms with van der Waals surface area (Å²) in [6, 6.07) is 0. The van der Waals surface area contributed by atoms with Gasteiger partial charge in [-0.2, -0.15) is 0 Å². The fourth-order valence-electron chi connectivity index (χ4n) is 2.18. The van der Waals surface area contributed by atoms with Gasteiger partial charge in [-0.05, 0) is 40.2 Å². The Kier molecular flexibility index (Phi) is 5.17. The highest BCUT2D eigenvalue weighted by atomic mass is 16.5. The minimum absolute atomic E-state index is 0.161. The van der Waals surface area contributed by atoms with Gasteiger partial charge >= 0.3 is 0 Å². The number of hydrogen-bond donors (Lipinski definition) is 1. The summed E-state index contributed by atoms with van der Waals surface area (Å²) in [5.41, 5.74) is 1.41. The third-order valence-corrected chi connectivity index (χ3v) is 2.81. The van der Waals surface area contributed by atoms with Gasteiger partial charge in [0.1, 0.15) is 0 Å². The molecule has 2 unspecified atom stereocenters. The van der Waals surface area contributed by atoms with Crippen molar-refractivity contribution in [1.29, 1.82) is 0 Å². The maximum atomic E-state index is 5.73. The maximum absolute atomic E-state index is 5.73. The molecule has 0 aromatic carbocycles. The Bertz CT molecular complexity index is 247. The Hall–Kier alpha value is -0.380. The molecule has 1 aliphatic heterocycles. The van der Waals surface area contributed by atoms with Crippen LogP contribution in [0.15, 0.2) is 12.2 Å². The number of nitrogens with one attached hydrogen (secondary N) is 1. The molecule has 0 aromatic rings. The Labute approximate surface area is 106 Å². The predicted molar refractivity (Wildman–Crippen MR) is 73.3 cm³/mol. The first-order chi connectivity index (χ1) is 7.76. The van der Waals surface area contributed by atoms with Gasteiger partial charge in [-0.15, -0.1) is 0 Å². The summed E-state index contributed by atoms with van der Waals surface area (Å²) >= 11 is 0. The lowest BCUT2D eigenvalue weighted by Crippen LogP contribution is -2.47. The highest BCUT2D eigenvalue weighted by molar-refractivity contribution is 5.01. The summed E-state index contributed by atoms with van der Waals surface area (Å²) in [5.74, 6) is 0. The van der Waals surface area contributed by atoms with E-state index in [0.717, 1.165) is 26.2 Å². The predicted octanol–water partition coefficient (Wildman–Crippen LogP) is 2.04. The molecule has 1 heterocycles. The monoisotopic (exact) mass is 240 g/mol. The molecular formula is C14H28N2O. The van der Waals surface area contributed by atoms with Crippen LogP contribution in [0.3, 0.4) is 0 Å². The third-order valence-electron chi connectivity index (χ3n) is 2.81. The van der Waals surface area contributed by atoms with Gasteiger partial charge in [0.05, 0.1) is 12.2 Å². The van der Waals surface area contributed by atoms with E-state index in [0.29, 0.717) is 12.2 Å². The lowest BCUT2D eigenvalue weighted by Gasteiger charge is -2.36. The zero-order chi connectivity index (χ0) is 13.1. The quantitative estimate of drug-likeness (QED) is 0.761. The number of rotatable bonds is 4. The van der Waals surface area contributed by atoms with Crippen LogP contribution in [0, 0.1) is 0 Å². The van der Waals surface area contributed by atoms with Crippen LogP contribution in [-0.2, 0) is 4.74 Å². The fourth-order valence-corrected chi connectivity index (χ4v) is 2.18. The molecule has 3 nitrogen and oxygen atoms in total. The van der Waals surface area contributed by atoms with Crippen molar-refractivity contribution in [3.05, 3.63) is 12.2 Å². The molecule has 3 heteroatoms. The van der Waals surface area contributed by atoms with Crippen molar-refractivity contribution >= 4 is 0 Å². The molecule has 0 aromatic heterocycles. The molecule has 1 rings (SSSR count). The van der Waals surface area contributed by atoms with E-state index in [9.17, 15) is 0 Å². The van der Waals surface area contributed by atoms with E-state index in [1.54, 1.807) is 0 Å². The van der Waals surface area contributed by atoms with Crippen LogP contribution >= 0.6 is 0 Å². The van der Waals surface area contributed by atoms with Gasteiger partial charge in [-0.1, -0.05) is 6.58 Å². The van der Waals surface area contributed by atoms with Crippen molar-refractivity contribution in [2.24, 2.45) is 0 Å². The highest BCUT2D eigenvalue weighted by Gasteiger charge is 2.22. The standard InChI is InChI=1S/C14H28N2O/c1-11(7-15-14(4,5)6)8-16-9-12(2)17-13(3)10-16/h12-13,15H,1,7-10H2,2-6H3. The number of hydrogen-bond acceptors (Lipinski definition) is 3. The van der Waals surface area contributed by atoms with Crippen molar-refractivity contribution in [2.75, 3.05) is 26.2 Å². The molecular weight excluding hydrogens is 212 g/mol. The van der Waals surface area contributed by atoms with Crippen LogP contribution in [-0.4, -0.2) is 48.8 Å². The molecule has 0 amide bonds. The van der Waals surface area contributed by atoms with Crippen LogP contribution in [0.2, 0.25) is 0 Å². The molecule has 17 heavy (non-hydrogen) atoms. The van der Waals surface area contributed by atoms with Crippen molar-refractivity contribution in [3.8, 4) is 0 Å². The van der Waals surface area contributed by atoms with Gasteiger partial charge in [0, 0.05) is 31.7 Å². The average molecular weight is 240 g/mol. The van der Waals surface area contributed by atoms with E-state index < -0.39 is 0 Å². The zero-order valence-electron chi connectivity index (χ0n) is 12.0. The fraction of sp³-hybridized carbons (Fsp3) is 0.857. The molecule has 2 atom stereocenters. The van der Waals surface area contributed by atoms with Crippen LogP contribution in [0.1, 0.15) is 34.6 Å². The first-order valence-electron chi connectivity index (χ1n) is 6.56. The second kappa shape index (κ2) is 5.98. The summed E-state index contributed by atoms with van der Waals surface area (Å²) < 4.78 is 5.73. The van der Waals surface area contributed by atoms with Crippen LogP contribution in [0.5, 0.6) is 0 Å². The summed E-state index contributed by atoms with van der Waals surface area (Å²) in [6.45, 7) is 18.9. The minimum atomic E-state index is 0.161. The smallest absolute Gasteiger partial charge is 0.0678 e. The zero-order valence-corrected chi connectivity index (χ0v) is 12.0. The summed E-state index contributed by atoms with van der Waals surface area (Å²) in [5, 5.41) is 3.48. The molecule has 1 aliphatic rings. The Balaban J connectivity index is 2.30. The van der Waals surface area contributed by atoms with Crippen molar-refractivity contribution in [2.45, 2.75) is 52.4 Å². The first kappa shape index (κ1) is 14.7. The van der Waals surface area contributed by atoms with Gasteiger partial charge in [0.25, 0.3) is 0 Å². The van der Waals surface area contributed by atoms with Gasteiger partial charge in [-0.3, -0.25) is 4.90 Å². The third kappa shape index (κ3) is 6.20. The summed E-state index contributed by atoms with van der Waals surface area (Å²) in [6.07, 6.45) is 0.671. The van der Waals surface area contributed by atoms with Gasteiger partial charge in [0.2, 0.25) is 0 Å². The molecule has 0 saturated carbocycles. The molecule has 1 N–H and O–H groups in total. The van der Waals surface area contributed by atoms with E-state index in [2.05, 4.69) is 51.4 Å². The molecule has 0 spiro atoms. The largest absolute Gasteiger partial charge is 0.373 e. The van der Waals surface area contributed by atoms with Gasteiger partial charge in [-0.25, -0.2) is 0 Å². The van der Waals surface area contributed by atoms with E-state index in [-0.39, 0.29) is 5.54 Å². The van der Waals surface area contributed by atoms with Crippen LogP contribution in [0.4, 0.5) is 0 Å². The lowest BCUT2D eigenvalue weighted by molar-refractivity contribution is -0.0653. The Morgan fingerprint density at radius 2 is 1.82 bits per heavy atom. The highest BCUT2D eigenvalue weighted by Crippen LogP contribution is 2.12. The number of morpholine rings is 1. The van der Waals surface area contributed by atoms with E-state index in [1.165, 1.54) is 5.57 Å². The molecule has 0 bridgehead atoms. The second-order valence-electron chi connectivity index (χ2n) is 6.30. The molecule has 0 aliphatic carbocycles. The Morgan fingerprint density at radius 1 is 1.29 bits per heavy atom. The van der Waals surface area contributed by atoms with E-state index in [4.69, 9.17) is 4.74 Å². The molecule has 1 fully saturated rings. The topological polar surface area (TPSA) is 24.5 Å². The lowest BCUT2D eigenvalue weighted by atomic mass is 10.1. The molecule has 100 valence electrons. The SMILES string of the molecule is C=C(CNC(C)(C)C)CN1CC(C)OC(C)C1. The maximum Gasteiger partial charge on any atom is 0.0678 e. The minimum Gasteiger partial charge on any atom is -0.373 e. The van der Waals surface area contributed by atoms with Gasteiger partial charge < -0.3 is 10.1 Å². The van der Waals surface area contributed by atoms with Crippen molar-refractivity contribution in [1.82, 2.24) is 10.2 Å². The normalized spacial score (nSPS) is 27.1. The number of nitrogens with zero attached hydrogens (tertiary/aromatic N) is 1.